The van der Waals surface area contributed by atoms with Gasteiger partial charge in [-0.2, -0.15) is 0 Å². The Balaban J connectivity index is 2.25. The quantitative estimate of drug-likeness (QED) is 0.798. The zero-order valence-electron chi connectivity index (χ0n) is 12.4. The minimum absolute atomic E-state index is 0.0220. The zero-order chi connectivity index (χ0) is 14.3. The van der Waals surface area contributed by atoms with Gasteiger partial charge in [-0.1, -0.05) is 20.8 Å². The molecule has 1 heterocycles. The highest BCUT2D eigenvalue weighted by Crippen LogP contribution is 2.11. The minimum Gasteiger partial charge on any atom is -0.353 e. The molecule has 110 valence electrons. The fraction of sp³-hybridized carbons (Fsp3) is 0.857. The molecule has 1 fully saturated rings. The van der Waals surface area contributed by atoms with Crippen LogP contribution in [0.15, 0.2) is 0 Å². The molecule has 0 aromatic heterocycles. The molecule has 0 spiro atoms. The molecule has 0 atom stereocenters. The fourth-order valence-corrected chi connectivity index (χ4v) is 2.23. The molecule has 0 aliphatic carbocycles. The van der Waals surface area contributed by atoms with E-state index >= 15 is 0 Å². The molecule has 0 aromatic rings. The molecule has 3 amide bonds. The van der Waals surface area contributed by atoms with E-state index in [-0.39, 0.29) is 18.0 Å². The Bertz CT molecular complexity index is 297. The number of hydrogen-bond acceptors (Lipinski definition) is 2. The first kappa shape index (κ1) is 15.8. The van der Waals surface area contributed by atoms with Crippen LogP contribution in [0.2, 0.25) is 0 Å². The lowest BCUT2D eigenvalue weighted by Gasteiger charge is -2.32. The average Bonchev–Trinajstić information content (AvgIpc) is 2.35. The van der Waals surface area contributed by atoms with Crippen molar-refractivity contribution in [1.82, 2.24) is 15.5 Å². The van der Waals surface area contributed by atoms with E-state index in [0.29, 0.717) is 12.3 Å². The van der Waals surface area contributed by atoms with Crippen molar-refractivity contribution in [3.8, 4) is 0 Å². The van der Waals surface area contributed by atoms with E-state index in [0.717, 1.165) is 38.9 Å². The Kier molecular flexibility index (Phi) is 6.67. The molecular formula is C14H27N3O2. The summed E-state index contributed by atoms with van der Waals surface area (Å²) in [6.45, 7) is 8.30. The highest BCUT2D eigenvalue weighted by molar-refractivity contribution is 5.76. The molecule has 0 unspecified atom stereocenters. The summed E-state index contributed by atoms with van der Waals surface area (Å²) in [5.74, 6) is 0.517. The molecule has 0 aromatic carbocycles. The summed E-state index contributed by atoms with van der Waals surface area (Å²) in [6, 6.07) is 0.246. The maximum atomic E-state index is 11.8. The molecule has 0 saturated carbocycles. The summed E-state index contributed by atoms with van der Waals surface area (Å²) in [4.78, 5) is 25.3. The van der Waals surface area contributed by atoms with Crippen molar-refractivity contribution in [3.63, 3.8) is 0 Å². The van der Waals surface area contributed by atoms with Gasteiger partial charge in [-0.3, -0.25) is 4.79 Å². The lowest BCUT2D eigenvalue weighted by molar-refractivity contribution is -0.122. The van der Waals surface area contributed by atoms with Crippen LogP contribution in [0.3, 0.4) is 0 Å². The molecule has 2 N–H and O–H groups in total. The predicted molar refractivity (Wildman–Crippen MR) is 75.9 cm³/mol. The number of amides is 3. The van der Waals surface area contributed by atoms with Crippen LogP contribution in [0, 0.1) is 5.92 Å². The second kappa shape index (κ2) is 8.02. The van der Waals surface area contributed by atoms with Crippen molar-refractivity contribution in [1.29, 1.82) is 0 Å². The Morgan fingerprint density at radius 2 is 1.89 bits per heavy atom. The van der Waals surface area contributed by atoms with Gasteiger partial charge in [-0.15, -0.1) is 0 Å². The van der Waals surface area contributed by atoms with Gasteiger partial charge < -0.3 is 15.5 Å². The van der Waals surface area contributed by atoms with Crippen molar-refractivity contribution >= 4 is 11.9 Å². The number of nitrogens with zero attached hydrogens (tertiary/aromatic N) is 1. The van der Waals surface area contributed by atoms with Crippen LogP contribution in [0.1, 0.15) is 46.5 Å². The van der Waals surface area contributed by atoms with Crippen LogP contribution >= 0.6 is 0 Å². The van der Waals surface area contributed by atoms with Gasteiger partial charge in [-0.05, 0) is 25.2 Å². The van der Waals surface area contributed by atoms with Crippen LogP contribution in [0.25, 0.3) is 0 Å². The maximum Gasteiger partial charge on any atom is 0.317 e. The number of carbonyl (C=O) groups is 2. The first-order valence-corrected chi connectivity index (χ1v) is 7.35. The van der Waals surface area contributed by atoms with Crippen molar-refractivity contribution in [2.24, 2.45) is 5.92 Å². The van der Waals surface area contributed by atoms with Gasteiger partial charge in [0, 0.05) is 32.1 Å². The summed E-state index contributed by atoms with van der Waals surface area (Å²) >= 11 is 0. The molecule has 5 nitrogen and oxygen atoms in total. The van der Waals surface area contributed by atoms with Gasteiger partial charge in [0.1, 0.15) is 0 Å². The Labute approximate surface area is 116 Å². The van der Waals surface area contributed by atoms with Crippen LogP contribution < -0.4 is 10.6 Å². The van der Waals surface area contributed by atoms with Gasteiger partial charge in [0.25, 0.3) is 0 Å². The van der Waals surface area contributed by atoms with Gasteiger partial charge in [0.05, 0.1) is 0 Å². The number of carbonyl (C=O) groups excluding carboxylic acids is 2. The summed E-state index contributed by atoms with van der Waals surface area (Å²) in [7, 11) is 0. The Hall–Kier alpha value is -1.26. The molecule has 1 aliphatic heterocycles. The van der Waals surface area contributed by atoms with Gasteiger partial charge in [-0.25, -0.2) is 4.79 Å². The molecule has 1 saturated heterocycles. The third-order valence-electron chi connectivity index (χ3n) is 3.27. The normalized spacial score (nSPS) is 16.5. The third-order valence-corrected chi connectivity index (χ3v) is 3.27. The lowest BCUT2D eigenvalue weighted by atomic mass is 10.0. The number of likely N-dealkylation sites (tertiary alicyclic amines) is 1. The summed E-state index contributed by atoms with van der Waals surface area (Å²) in [6.07, 6.45) is 3.23. The van der Waals surface area contributed by atoms with Crippen LogP contribution in [0.4, 0.5) is 4.79 Å². The van der Waals surface area contributed by atoms with Crippen molar-refractivity contribution in [2.75, 3.05) is 19.6 Å². The van der Waals surface area contributed by atoms with Gasteiger partial charge in [0.2, 0.25) is 5.91 Å². The van der Waals surface area contributed by atoms with Crippen molar-refractivity contribution < 1.29 is 9.59 Å². The second-order valence-corrected chi connectivity index (χ2v) is 5.66. The second-order valence-electron chi connectivity index (χ2n) is 5.66. The molecule has 5 heteroatoms. The average molecular weight is 269 g/mol. The number of piperidine rings is 1. The zero-order valence-corrected chi connectivity index (χ0v) is 12.4. The first-order valence-electron chi connectivity index (χ1n) is 7.35. The van der Waals surface area contributed by atoms with E-state index in [2.05, 4.69) is 10.6 Å². The number of nitrogens with one attached hydrogen (secondary N) is 2. The molecule has 0 bridgehead atoms. The van der Waals surface area contributed by atoms with Crippen molar-refractivity contribution in [3.05, 3.63) is 0 Å². The van der Waals surface area contributed by atoms with E-state index in [1.54, 1.807) is 0 Å². The van der Waals surface area contributed by atoms with E-state index in [9.17, 15) is 9.59 Å². The number of hydrogen-bond donors (Lipinski definition) is 2. The van der Waals surface area contributed by atoms with Crippen LogP contribution in [-0.2, 0) is 4.79 Å². The summed E-state index contributed by atoms with van der Waals surface area (Å²) in [5.41, 5.74) is 0. The molecule has 1 aliphatic rings. The minimum atomic E-state index is 0.0220. The van der Waals surface area contributed by atoms with E-state index in [1.165, 1.54) is 0 Å². The highest BCUT2D eigenvalue weighted by Gasteiger charge is 2.23. The number of urea groups is 1. The topological polar surface area (TPSA) is 61.4 Å². The van der Waals surface area contributed by atoms with Crippen LogP contribution in [0.5, 0.6) is 0 Å². The molecule has 19 heavy (non-hydrogen) atoms. The largest absolute Gasteiger partial charge is 0.353 e. The lowest BCUT2D eigenvalue weighted by Crippen LogP contribution is -2.49. The maximum absolute atomic E-state index is 11.8. The van der Waals surface area contributed by atoms with E-state index in [1.807, 2.05) is 25.7 Å². The SMILES string of the molecule is CCCNC(=O)N1CCC(NC(=O)CC(C)C)CC1. The molecular weight excluding hydrogens is 242 g/mol. The smallest absolute Gasteiger partial charge is 0.317 e. The van der Waals surface area contributed by atoms with E-state index < -0.39 is 0 Å². The standard InChI is InChI=1S/C14H27N3O2/c1-4-7-15-14(19)17-8-5-12(6-9-17)16-13(18)10-11(2)3/h11-12H,4-10H2,1-3H3,(H,15,19)(H,16,18). The number of rotatable bonds is 5. The van der Waals surface area contributed by atoms with Crippen LogP contribution in [-0.4, -0.2) is 42.5 Å². The highest BCUT2D eigenvalue weighted by atomic mass is 16.2. The van der Waals surface area contributed by atoms with E-state index in [4.69, 9.17) is 0 Å². The summed E-state index contributed by atoms with van der Waals surface area (Å²) in [5, 5.41) is 5.94. The van der Waals surface area contributed by atoms with Crippen molar-refractivity contribution in [2.45, 2.75) is 52.5 Å². The Morgan fingerprint density at radius 3 is 2.42 bits per heavy atom. The predicted octanol–water partition coefficient (Wildman–Crippen LogP) is 1.73. The van der Waals surface area contributed by atoms with Gasteiger partial charge in [0.15, 0.2) is 0 Å². The fourth-order valence-electron chi connectivity index (χ4n) is 2.23. The molecule has 0 radical (unpaired) electrons. The Morgan fingerprint density at radius 1 is 1.26 bits per heavy atom. The van der Waals surface area contributed by atoms with Gasteiger partial charge >= 0.3 is 6.03 Å². The summed E-state index contributed by atoms with van der Waals surface area (Å²) < 4.78 is 0. The molecule has 1 rings (SSSR count). The monoisotopic (exact) mass is 269 g/mol. The third kappa shape index (κ3) is 5.94. The first-order chi connectivity index (χ1) is 9.02.